The van der Waals surface area contributed by atoms with Crippen LogP contribution in [0.3, 0.4) is 0 Å². The van der Waals surface area contributed by atoms with Gasteiger partial charge in [0.05, 0.1) is 21.5 Å². The van der Waals surface area contributed by atoms with E-state index in [1.807, 2.05) is 12.1 Å². The molecule has 0 unspecified atom stereocenters. The highest BCUT2D eigenvalue weighted by atomic mass is 79.9. The van der Waals surface area contributed by atoms with Gasteiger partial charge in [0.25, 0.3) is 0 Å². The second-order valence-electron chi connectivity index (χ2n) is 2.76. The molecular formula is C9H8BrClN2OS. The third-order valence-corrected chi connectivity index (χ3v) is 3.40. The van der Waals surface area contributed by atoms with Gasteiger partial charge in [-0.3, -0.25) is 4.79 Å². The Morgan fingerprint density at radius 1 is 1.53 bits per heavy atom. The van der Waals surface area contributed by atoms with Crippen molar-refractivity contribution in [3.8, 4) is 0 Å². The molecule has 0 fully saturated rings. The zero-order valence-corrected chi connectivity index (χ0v) is 10.8. The minimum Gasteiger partial charge on any atom is -0.330 e. The summed E-state index contributed by atoms with van der Waals surface area (Å²) in [5, 5.41) is 0. The van der Waals surface area contributed by atoms with Crippen molar-refractivity contribution in [3.05, 3.63) is 39.5 Å². The highest BCUT2D eigenvalue weighted by molar-refractivity contribution is 9.11. The normalized spacial score (nSPS) is 9.67. The van der Waals surface area contributed by atoms with Crippen molar-refractivity contribution in [2.45, 2.75) is 6.54 Å². The number of halogens is 2. The molecule has 2 aromatic rings. The number of carbonyl (C=O) groups excluding carboxylic acids is 1. The standard InChI is InChI=1S/C9H7BrN2OS.ClH/c10-9-2-1-8(14-9)7(13)5-12-4-3-11-6-12;/h1-4,6H,5H2;1H. The average molecular weight is 308 g/mol. The molecular weight excluding hydrogens is 300 g/mol. The van der Waals surface area contributed by atoms with E-state index in [0.29, 0.717) is 6.54 Å². The molecule has 3 nitrogen and oxygen atoms in total. The van der Waals surface area contributed by atoms with Gasteiger partial charge in [0.1, 0.15) is 0 Å². The van der Waals surface area contributed by atoms with Gasteiger partial charge in [-0.2, -0.15) is 0 Å². The number of hydrogen-bond acceptors (Lipinski definition) is 3. The minimum atomic E-state index is 0. The predicted octanol–water partition coefficient (Wildman–Crippen LogP) is 3.01. The first-order valence-corrected chi connectivity index (χ1v) is 5.61. The van der Waals surface area contributed by atoms with Gasteiger partial charge in [-0.15, -0.1) is 23.7 Å². The van der Waals surface area contributed by atoms with Gasteiger partial charge in [-0.05, 0) is 28.1 Å². The number of aromatic nitrogens is 2. The molecule has 0 atom stereocenters. The molecule has 0 radical (unpaired) electrons. The quantitative estimate of drug-likeness (QED) is 0.817. The van der Waals surface area contributed by atoms with Crippen molar-refractivity contribution < 1.29 is 4.79 Å². The number of ketones is 1. The van der Waals surface area contributed by atoms with Crippen LogP contribution in [0, 0.1) is 0 Å². The molecule has 80 valence electrons. The van der Waals surface area contributed by atoms with E-state index in [1.165, 1.54) is 11.3 Å². The number of nitrogens with zero attached hydrogens (tertiary/aromatic N) is 2. The van der Waals surface area contributed by atoms with Crippen LogP contribution in [0.2, 0.25) is 0 Å². The van der Waals surface area contributed by atoms with Crippen LogP contribution in [-0.4, -0.2) is 15.3 Å². The number of hydrogen-bond donors (Lipinski definition) is 0. The smallest absolute Gasteiger partial charge is 0.192 e. The Kier molecular flexibility index (Phi) is 4.50. The molecule has 0 bridgehead atoms. The average Bonchev–Trinajstić information content (AvgIpc) is 2.75. The Bertz CT molecular complexity index is 441. The van der Waals surface area contributed by atoms with E-state index in [0.717, 1.165) is 8.66 Å². The maximum absolute atomic E-state index is 11.7. The summed E-state index contributed by atoms with van der Waals surface area (Å²) in [5.74, 6) is 0.110. The molecule has 15 heavy (non-hydrogen) atoms. The Labute approximate surface area is 106 Å². The van der Waals surface area contributed by atoms with Crippen molar-refractivity contribution in [1.82, 2.24) is 9.55 Å². The molecule has 2 heterocycles. The summed E-state index contributed by atoms with van der Waals surface area (Å²) in [4.78, 5) is 16.3. The molecule has 0 aliphatic carbocycles. The fourth-order valence-corrected chi connectivity index (χ4v) is 2.40. The van der Waals surface area contributed by atoms with Crippen molar-refractivity contribution in [2.75, 3.05) is 0 Å². The zero-order valence-electron chi connectivity index (χ0n) is 7.59. The molecule has 0 aromatic carbocycles. The fraction of sp³-hybridized carbons (Fsp3) is 0.111. The zero-order chi connectivity index (χ0) is 9.97. The van der Waals surface area contributed by atoms with E-state index in [9.17, 15) is 4.79 Å². The van der Waals surface area contributed by atoms with E-state index >= 15 is 0 Å². The van der Waals surface area contributed by atoms with Gasteiger partial charge < -0.3 is 4.57 Å². The highest BCUT2D eigenvalue weighted by Gasteiger charge is 2.08. The molecule has 0 spiro atoms. The number of carbonyl (C=O) groups is 1. The lowest BCUT2D eigenvalue weighted by molar-refractivity contribution is 0.0976. The van der Waals surface area contributed by atoms with E-state index in [-0.39, 0.29) is 18.2 Å². The topological polar surface area (TPSA) is 34.9 Å². The Morgan fingerprint density at radius 3 is 2.87 bits per heavy atom. The first-order chi connectivity index (χ1) is 6.75. The van der Waals surface area contributed by atoms with E-state index < -0.39 is 0 Å². The lowest BCUT2D eigenvalue weighted by atomic mass is 10.3. The van der Waals surface area contributed by atoms with Gasteiger partial charge >= 0.3 is 0 Å². The molecule has 0 saturated carbocycles. The Hall–Kier alpha value is -0.650. The molecule has 2 rings (SSSR count). The monoisotopic (exact) mass is 306 g/mol. The summed E-state index contributed by atoms with van der Waals surface area (Å²) in [6.45, 7) is 0.354. The third kappa shape index (κ3) is 3.15. The molecule has 2 aromatic heterocycles. The Balaban J connectivity index is 0.00000112. The first-order valence-electron chi connectivity index (χ1n) is 4.00. The van der Waals surface area contributed by atoms with Crippen molar-refractivity contribution in [1.29, 1.82) is 0 Å². The highest BCUT2D eigenvalue weighted by Crippen LogP contribution is 2.22. The molecule has 0 saturated heterocycles. The molecule has 0 aliphatic rings. The van der Waals surface area contributed by atoms with Gasteiger partial charge in [-0.25, -0.2) is 4.98 Å². The molecule has 0 amide bonds. The number of imidazole rings is 1. The molecule has 0 N–H and O–H groups in total. The summed E-state index contributed by atoms with van der Waals surface area (Å²) < 4.78 is 2.74. The van der Waals surface area contributed by atoms with E-state index in [1.54, 1.807) is 23.3 Å². The van der Waals surface area contributed by atoms with Crippen LogP contribution in [-0.2, 0) is 6.54 Å². The summed E-state index contributed by atoms with van der Waals surface area (Å²) in [7, 11) is 0. The maximum atomic E-state index is 11.7. The van der Waals surface area contributed by atoms with Crippen molar-refractivity contribution in [3.63, 3.8) is 0 Å². The van der Waals surface area contributed by atoms with Gasteiger partial charge in [0.2, 0.25) is 0 Å². The molecule has 6 heteroatoms. The summed E-state index contributed by atoms with van der Waals surface area (Å²) in [6, 6.07) is 3.71. The second kappa shape index (κ2) is 5.44. The minimum absolute atomic E-state index is 0. The van der Waals surface area contributed by atoms with Crippen LogP contribution in [0.1, 0.15) is 9.67 Å². The van der Waals surface area contributed by atoms with Crippen molar-refractivity contribution >= 4 is 45.5 Å². The SMILES string of the molecule is Cl.O=C(Cn1ccnc1)c1ccc(Br)s1. The van der Waals surface area contributed by atoms with Crippen LogP contribution in [0.15, 0.2) is 34.6 Å². The Morgan fingerprint density at radius 2 is 2.33 bits per heavy atom. The lowest BCUT2D eigenvalue weighted by Gasteiger charge is -1.97. The number of Topliss-reactive ketones (excluding diaryl/α,β-unsaturated/α-hetero) is 1. The third-order valence-electron chi connectivity index (χ3n) is 1.73. The van der Waals surface area contributed by atoms with Gasteiger partial charge in [0.15, 0.2) is 5.78 Å². The number of rotatable bonds is 3. The second-order valence-corrected chi connectivity index (χ2v) is 5.22. The van der Waals surface area contributed by atoms with Crippen LogP contribution >= 0.6 is 39.7 Å². The fourth-order valence-electron chi connectivity index (χ4n) is 1.09. The van der Waals surface area contributed by atoms with E-state index in [4.69, 9.17) is 0 Å². The van der Waals surface area contributed by atoms with Gasteiger partial charge in [0, 0.05) is 12.4 Å². The van der Waals surface area contributed by atoms with E-state index in [2.05, 4.69) is 20.9 Å². The van der Waals surface area contributed by atoms with Crippen LogP contribution in [0.25, 0.3) is 0 Å². The first kappa shape index (κ1) is 12.4. The predicted molar refractivity (Wildman–Crippen MR) is 65.8 cm³/mol. The summed E-state index contributed by atoms with van der Waals surface area (Å²) in [5.41, 5.74) is 0. The van der Waals surface area contributed by atoms with Crippen LogP contribution in [0.5, 0.6) is 0 Å². The van der Waals surface area contributed by atoms with Crippen molar-refractivity contribution in [2.24, 2.45) is 0 Å². The summed E-state index contributed by atoms with van der Waals surface area (Å²) >= 11 is 4.78. The summed E-state index contributed by atoms with van der Waals surface area (Å²) in [6.07, 6.45) is 5.08. The molecule has 0 aliphatic heterocycles. The van der Waals surface area contributed by atoms with Crippen LogP contribution < -0.4 is 0 Å². The largest absolute Gasteiger partial charge is 0.330 e. The number of thiophene rings is 1. The lowest BCUT2D eigenvalue weighted by Crippen LogP contribution is -2.06. The van der Waals surface area contributed by atoms with Crippen LogP contribution in [0.4, 0.5) is 0 Å². The maximum Gasteiger partial charge on any atom is 0.192 e. The van der Waals surface area contributed by atoms with Gasteiger partial charge in [-0.1, -0.05) is 0 Å².